The number of alkyl halides is 1. The van der Waals surface area contributed by atoms with Crippen LogP contribution in [0, 0.1) is 0 Å². The van der Waals surface area contributed by atoms with Crippen molar-refractivity contribution in [2.45, 2.75) is 18.2 Å². The van der Waals surface area contributed by atoms with Crippen molar-refractivity contribution in [2.75, 3.05) is 0 Å². The minimum Gasteiger partial charge on any atom is -0.312 e. The lowest BCUT2D eigenvalue weighted by atomic mass is 9.96. The molecule has 1 aromatic carbocycles. The molecule has 2 atom stereocenters. The summed E-state index contributed by atoms with van der Waals surface area (Å²) in [6, 6.07) is 6.70. The van der Waals surface area contributed by atoms with Gasteiger partial charge in [0.25, 0.3) is 5.91 Å². The Labute approximate surface area is 114 Å². The van der Waals surface area contributed by atoms with Gasteiger partial charge in [-0.3, -0.25) is 9.59 Å². The number of amides is 2. The highest BCUT2D eigenvalue weighted by Crippen LogP contribution is 2.27. The van der Waals surface area contributed by atoms with Crippen LogP contribution in [-0.4, -0.2) is 23.0 Å². The van der Waals surface area contributed by atoms with Gasteiger partial charge in [0, 0.05) is 5.02 Å². The maximum atomic E-state index is 11.9. The third-order valence-electron chi connectivity index (χ3n) is 2.58. The van der Waals surface area contributed by atoms with Crippen LogP contribution < -0.4 is 5.32 Å². The molecule has 2 rings (SSSR count). The zero-order valence-corrected chi connectivity index (χ0v) is 11.0. The number of carbonyl (C=O) groups excluding carboxylic acids is 2. The lowest BCUT2D eigenvalue weighted by molar-refractivity contribution is -0.129. The van der Waals surface area contributed by atoms with Crippen molar-refractivity contribution in [3.63, 3.8) is 0 Å². The number of carbonyl (C=O) groups is 2. The molecule has 1 heterocycles. The van der Waals surface area contributed by atoms with E-state index in [0.717, 1.165) is 0 Å². The quantitative estimate of drug-likeness (QED) is 0.668. The van der Waals surface area contributed by atoms with E-state index in [9.17, 15) is 9.59 Å². The SMILES string of the molecule is CC(Cl)C1=NC(=O)C(c2ccccc2Cl)C(=O)N1. The number of amidine groups is 1. The number of hydrogen-bond acceptors (Lipinski definition) is 2. The van der Waals surface area contributed by atoms with Crippen molar-refractivity contribution >= 4 is 40.9 Å². The molecular formula is C12H10Cl2N2O2. The van der Waals surface area contributed by atoms with Gasteiger partial charge >= 0.3 is 0 Å². The fourth-order valence-corrected chi connectivity index (χ4v) is 2.04. The van der Waals surface area contributed by atoms with Crippen molar-refractivity contribution in [2.24, 2.45) is 4.99 Å². The maximum absolute atomic E-state index is 11.9. The van der Waals surface area contributed by atoms with Gasteiger partial charge in [-0.2, -0.15) is 4.99 Å². The Kier molecular flexibility index (Phi) is 3.68. The molecule has 6 heteroatoms. The second-order valence-corrected chi connectivity index (χ2v) is 4.96. The molecule has 0 bridgehead atoms. The van der Waals surface area contributed by atoms with Crippen LogP contribution in [0.5, 0.6) is 0 Å². The van der Waals surface area contributed by atoms with Crippen LogP contribution in [0.1, 0.15) is 18.4 Å². The Morgan fingerprint density at radius 3 is 2.56 bits per heavy atom. The molecule has 1 aliphatic rings. The number of halogens is 2. The third kappa shape index (κ3) is 2.40. The first-order valence-electron chi connectivity index (χ1n) is 5.32. The molecule has 18 heavy (non-hydrogen) atoms. The largest absolute Gasteiger partial charge is 0.312 e. The van der Waals surface area contributed by atoms with E-state index >= 15 is 0 Å². The number of rotatable bonds is 2. The van der Waals surface area contributed by atoms with E-state index in [2.05, 4.69) is 10.3 Å². The molecule has 1 aromatic rings. The van der Waals surface area contributed by atoms with Gasteiger partial charge in [-0.05, 0) is 18.6 Å². The van der Waals surface area contributed by atoms with E-state index in [-0.39, 0.29) is 5.84 Å². The zero-order valence-electron chi connectivity index (χ0n) is 9.48. The van der Waals surface area contributed by atoms with Crippen LogP contribution in [0.2, 0.25) is 5.02 Å². The van der Waals surface area contributed by atoms with E-state index in [1.54, 1.807) is 31.2 Å². The van der Waals surface area contributed by atoms with Crippen molar-refractivity contribution in [3.8, 4) is 0 Å². The molecule has 4 nitrogen and oxygen atoms in total. The van der Waals surface area contributed by atoms with Crippen LogP contribution in [0.4, 0.5) is 0 Å². The van der Waals surface area contributed by atoms with Gasteiger partial charge in [-0.1, -0.05) is 29.8 Å². The van der Waals surface area contributed by atoms with E-state index in [1.165, 1.54) is 0 Å². The maximum Gasteiger partial charge on any atom is 0.264 e. The Morgan fingerprint density at radius 1 is 1.33 bits per heavy atom. The Bertz CT molecular complexity index is 541. The average Bonchev–Trinajstić information content (AvgIpc) is 2.30. The monoisotopic (exact) mass is 284 g/mol. The summed E-state index contributed by atoms with van der Waals surface area (Å²) in [7, 11) is 0. The molecule has 0 fully saturated rings. The summed E-state index contributed by atoms with van der Waals surface area (Å²) in [4.78, 5) is 27.6. The van der Waals surface area contributed by atoms with E-state index in [1.807, 2.05) is 0 Å². The van der Waals surface area contributed by atoms with E-state index < -0.39 is 23.1 Å². The highest BCUT2D eigenvalue weighted by Gasteiger charge is 2.35. The number of aliphatic imine (C=N–C) groups is 1. The lowest BCUT2D eigenvalue weighted by Gasteiger charge is -2.22. The average molecular weight is 285 g/mol. The summed E-state index contributed by atoms with van der Waals surface area (Å²) in [5, 5.41) is 2.36. The zero-order chi connectivity index (χ0) is 13.3. The summed E-state index contributed by atoms with van der Waals surface area (Å²) in [6.45, 7) is 1.63. The second kappa shape index (κ2) is 5.08. The van der Waals surface area contributed by atoms with Crippen LogP contribution in [0.25, 0.3) is 0 Å². The molecular weight excluding hydrogens is 275 g/mol. The van der Waals surface area contributed by atoms with Crippen LogP contribution in [-0.2, 0) is 9.59 Å². The molecule has 94 valence electrons. The molecule has 0 radical (unpaired) electrons. The highest BCUT2D eigenvalue weighted by molar-refractivity contribution is 6.36. The Morgan fingerprint density at radius 2 is 2.00 bits per heavy atom. The van der Waals surface area contributed by atoms with Crippen molar-refractivity contribution < 1.29 is 9.59 Å². The van der Waals surface area contributed by atoms with Gasteiger partial charge in [0.2, 0.25) is 5.91 Å². The number of benzene rings is 1. The predicted octanol–water partition coefficient (Wildman–Crippen LogP) is 2.11. The number of nitrogens with one attached hydrogen (secondary N) is 1. The molecule has 2 unspecified atom stereocenters. The fraction of sp³-hybridized carbons (Fsp3) is 0.250. The fourth-order valence-electron chi connectivity index (χ4n) is 1.69. The molecule has 2 amide bonds. The predicted molar refractivity (Wildman–Crippen MR) is 70.1 cm³/mol. The molecule has 0 aliphatic carbocycles. The molecule has 0 saturated heterocycles. The highest BCUT2D eigenvalue weighted by atomic mass is 35.5. The standard InChI is InChI=1S/C12H10Cl2N2O2/c1-6(13)10-15-11(17)9(12(18)16-10)7-4-2-3-5-8(7)14/h2-6,9H,1H3,(H,15,16,17,18). The summed E-state index contributed by atoms with van der Waals surface area (Å²) in [5.74, 6) is -1.83. The van der Waals surface area contributed by atoms with Crippen LogP contribution in [0.3, 0.4) is 0 Å². The first-order valence-corrected chi connectivity index (χ1v) is 6.14. The summed E-state index contributed by atoms with van der Waals surface area (Å²) in [5.41, 5.74) is 0.451. The van der Waals surface area contributed by atoms with Gasteiger partial charge in [0.15, 0.2) is 0 Å². The van der Waals surface area contributed by atoms with E-state index in [4.69, 9.17) is 23.2 Å². The lowest BCUT2D eigenvalue weighted by Crippen LogP contribution is -2.45. The van der Waals surface area contributed by atoms with E-state index in [0.29, 0.717) is 10.6 Å². The summed E-state index contributed by atoms with van der Waals surface area (Å²) >= 11 is 11.8. The molecule has 0 spiro atoms. The normalized spacial score (nSPS) is 21.3. The Hall–Kier alpha value is -1.39. The van der Waals surface area contributed by atoms with Gasteiger partial charge in [-0.15, -0.1) is 11.6 Å². The molecule has 1 aliphatic heterocycles. The molecule has 0 aromatic heterocycles. The number of nitrogens with zero attached hydrogens (tertiary/aromatic N) is 1. The first kappa shape index (κ1) is 13.1. The Balaban J connectivity index is 2.40. The van der Waals surface area contributed by atoms with Gasteiger partial charge < -0.3 is 5.32 Å². The van der Waals surface area contributed by atoms with Crippen molar-refractivity contribution in [1.82, 2.24) is 5.32 Å². The molecule has 0 saturated carbocycles. The van der Waals surface area contributed by atoms with Gasteiger partial charge in [0.1, 0.15) is 11.8 Å². The van der Waals surface area contributed by atoms with Gasteiger partial charge in [0.05, 0.1) is 5.38 Å². The summed E-state index contributed by atoms with van der Waals surface area (Å²) < 4.78 is 0. The van der Waals surface area contributed by atoms with Crippen LogP contribution >= 0.6 is 23.2 Å². The molecule has 1 N–H and O–H groups in total. The number of hydrogen-bond donors (Lipinski definition) is 1. The van der Waals surface area contributed by atoms with Crippen LogP contribution in [0.15, 0.2) is 29.3 Å². The van der Waals surface area contributed by atoms with Gasteiger partial charge in [-0.25, -0.2) is 0 Å². The van der Waals surface area contributed by atoms with Crippen molar-refractivity contribution in [3.05, 3.63) is 34.9 Å². The minimum absolute atomic E-state index is 0.176. The first-order chi connectivity index (χ1) is 8.50. The smallest absolute Gasteiger partial charge is 0.264 e. The minimum atomic E-state index is -1.00. The topological polar surface area (TPSA) is 58.5 Å². The summed E-state index contributed by atoms with van der Waals surface area (Å²) in [6.07, 6.45) is 0. The van der Waals surface area contributed by atoms with Crippen molar-refractivity contribution in [1.29, 1.82) is 0 Å². The third-order valence-corrected chi connectivity index (χ3v) is 3.13. The second-order valence-electron chi connectivity index (χ2n) is 3.90.